The highest BCUT2D eigenvalue weighted by Gasteiger charge is 2.38. The number of aromatic nitrogens is 1. The summed E-state index contributed by atoms with van der Waals surface area (Å²) in [5, 5.41) is 6.30. The Balaban J connectivity index is 1.53. The molecule has 206 valence electrons. The molecule has 0 radical (unpaired) electrons. The van der Waals surface area contributed by atoms with Gasteiger partial charge >= 0.3 is 0 Å². The van der Waals surface area contributed by atoms with Crippen LogP contribution in [0.1, 0.15) is 48.8 Å². The fraction of sp³-hybridized carbons (Fsp3) is 0.281. The van der Waals surface area contributed by atoms with Crippen LogP contribution >= 0.6 is 0 Å². The number of hydrogen-bond acceptors (Lipinski definition) is 7. The first kappa shape index (κ1) is 27.0. The third-order valence-electron chi connectivity index (χ3n) is 7.25. The number of Topliss-reactive ketones (excluding diaryl/α,β-unsaturated/α-hetero) is 1. The summed E-state index contributed by atoms with van der Waals surface area (Å²) < 4.78 is 17.0. The molecule has 2 aliphatic rings. The van der Waals surface area contributed by atoms with Crippen LogP contribution in [0.3, 0.4) is 0 Å². The molecule has 8 heteroatoms. The standard InChI is InChI=1S/C32H33N3O5/c1-19-11-14-28(33-17-19)35-32(37)29-20(2)34-25-9-6-10-26(36)31(25)30(29)21-12-13-27(39-4)22(15-21)18-40-24-8-5-7-23(16-24)38-3/h5,7-8,11-17,30,34H,6,9-10,18H2,1-4H3,(H,33,35,37)/t30-/m0/s1. The summed E-state index contributed by atoms with van der Waals surface area (Å²) in [6, 6.07) is 16.8. The number of nitrogens with zero attached hydrogens (tertiary/aromatic N) is 1. The number of dihydropyridines is 1. The molecule has 1 atom stereocenters. The summed E-state index contributed by atoms with van der Waals surface area (Å²) in [7, 11) is 3.22. The number of amides is 1. The number of carbonyl (C=O) groups excluding carboxylic acids is 2. The predicted octanol–water partition coefficient (Wildman–Crippen LogP) is 5.59. The summed E-state index contributed by atoms with van der Waals surface area (Å²) >= 11 is 0. The van der Waals surface area contributed by atoms with E-state index in [0.29, 0.717) is 46.3 Å². The zero-order valence-corrected chi connectivity index (χ0v) is 23.2. The largest absolute Gasteiger partial charge is 0.497 e. The number of rotatable bonds is 8. The summed E-state index contributed by atoms with van der Waals surface area (Å²) in [5.74, 6) is 1.66. The van der Waals surface area contributed by atoms with Crippen LogP contribution in [-0.4, -0.2) is 30.9 Å². The molecular formula is C32H33N3O5. The van der Waals surface area contributed by atoms with Crippen LogP contribution in [0.25, 0.3) is 0 Å². The Bertz CT molecular complexity index is 1510. The van der Waals surface area contributed by atoms with Crippen molar-refractivity contribution in [2.45, 2.75) is 45.6 Å². The van der Waals surface area contributed by atoms with Crippen LogP contribution in [0.5, 0.6) is 17.2 Å². The average molecular weight is 540 g/mol. The molecule has 1 aliphatic heterocycles. The Morgan fingerprint density at radius 1 is 1.02 bits per heavy atom. The second kappa shape index (κ2) is 11.7. The van der Waals surface area contributed by atoms with Crippen molar-refractivity contribution in [3.05, 3.63) is 100 Å². The molecule has 1 amide bonds. The van der Waals surface area contributed by atoms with Crippen LogP contribution in [0, 0.1) is 6.92 Å². The second-order valence-electron chi connectivity index (χ2n) is 9.98. The fourth-order valence-corrected chi connectivity index (χ4v) is 5.29. The minimum atomic E-state index is -0.545. The van der Waals surface area contributed by atoms with Gasteiger partial charge in [-0.25, -0.2) is 4.98 Å². The van der Waals surface area contributed by atoms with Crippen LogP contribution in [-0.2, 0) is 16.2 Å². The van der Waals surface area contributed by atoms with Crippen molar-refractivity contribution in [3.8, 4) is 17.2 Å². The lowest BCUT2D eigenvalue weighted by atomic mass is 9.74. The number of pyridine rings is 1. The van der Waals surface area contributed by atoms with Gasteiger partial charge in [0.05, 0.1) is 14.2 Å². The van der Waals surface area contributed by atoms with Crippen LogP contribution in [0.2, 0.25) is 0 Å². The van der Waals surface area contributed by atoms with Gasteiger partial charge in [-0.05, 0) is 68.1 Å². The van der Waals surface area contributed by atoms with Gasteiger partial charge in [0.15, 0.2) is 5.78 Å². The van der Waals surface area contributed by atoms with Gasteiger partial charge in [0.25, 0.3) is 5.91 Å². The van der Waals surface area contributed by atoms with E-state index in [-0.39, 0.29) is 18.3 Å². The molecule has 1 aliphatic carbocycles. The molecule has 0 unspecified atom stereocenters. The van der Waals surface area contributed by atoms with E-state index in [0.717, 1.165) is 35.2 Å². The first-order valence-electron chi connectivity index (χ1n) is 13.3. The van der Waals surface area contributed by atoms with Crippen molar-refractivity contribution in [1.29, 1.82) is 0 Å². The normalized spacial score (nSPS) is 16.7. The molecule has 2 heterocycles. The Kier molecular flexibility index (Phi) is 7.86. The van der Waals surface area contributed by atoms with E-state index in [4.69, 9.17) is 14.2 Å². The lowest BCUT2D eigenvalue weighted by molar-refractivity contribution is -0.116. The van der Waals surface area contributed by atoms with E-state index in [1.807, 2.05) is 62.4 Å². The molecule has 0 saturated carbocycles. The first-order chi connectivity index (χ1) is 19.4. The van der Waals surface area contributed by atoms with E-state index in [1.54, 1.807) is 26.5 Å². The van der Waals surface area contributed by atoms with Crippen molar-refractivity contribution in [1.82, 2.24) is 10.3 Å². The lowest BCUT2D eigenvalue weighted by Gasteiger charge is -2.34. The molecule has 0 saturated heterocycles. The van der Waals surface area contributed by atoms with E-state index in [1.165, 1.54) is 0 Å². The lowest BCUT2D eigenvalue weighted by Crippen LogP contribution is -2.35. The Morgan fingerprint density at radius 3 is 2.60 bits per heavy atom. The number of aryl methyl sites for hydroxylation is 1. The van der Waals surface area contributed by atoms with Gasteiger partial charge in [0.2, 0.25) is 0 Å². The van der Waals surface area contributed by atoms with Crippen molar-refractivity contribution < 1.29 is 23.8 Å². The Hall–Kier alpha value is -4.59. The summed E-state index contributed by atoms with van der Waals surface area (Å²) in [6.45, 7) is 4.05. The van der Waals surface area contributed by atoms with E-state index in [9.17, 15) is 9.59 Å². The number of ether oxygens (including phenoxy) is 3. The maximum Gasteiger partial charge on any atom is 0.255 e. The van der Waals surface area contributed by atoms with E-state index < -0.39 is 5.92 Å². The average Bonchev–Trinajstić information content (AvgIpc) is 2.96. The monoisotopic (exact) mass is 539 g/mol. The minimum absolute atomic E-state index is 0.0509. The maximum absolute atomic E-state index is 13.8. The first-order valence-corrected chi connectivity index (χ1v) is 13.3. The van der Waals surface area contributed by atoms with Gasteiger partial charge in [-0.3, -0.25) is 9.59 Å². The molecule has 2 aromatic carbocycles. The molecule has 2 N–H and O–H groups in total. The highest BCUT2D eigenvalue weighted by molar-refractivity contribution is 6.09. The number of benzene rings is 2. The Labute approximate surface area is 234 Å². The quantitative estimate of drug-likeness (QED) is 0.385. The number of nitrogens with one attached hydrogen (secondary N) is 2. The number of anilines is 1. The van der Waals surface area contributed by atoms with Gasteiger partial charge in [0.1, 0.15) is 29.7 Å². The Morgan fingerprint density at radius 2 is 1.85 bits per heavy atom. The summed E-state index contributed by atoms with van der Waals surface area (Å²) in [4.78, 5) is 31.4. The third kappa shape index (κ3) is 5.57. The summed E-state index contributed by atoms with van der Waals surface area (Å²) in [5.41, 5.74) is 5.34. The predicted molar refractivity (Wildman–Crippen MR) is 152 cm³/mol. The topological polar surface area (TPSA) is 98.8 Å². The molecule has 8 nitrogen and oxygen atoms in total. The number of hydrogen-bond donors (Lipinski definition) is 2. The smallest absolute Gasteiger partial charge is 0.255 e. The molecule has 0 fully saturated rings. The molecule has 40 heavy (non-hydrogen) atoms. The van der Waals surface area contributed by atoms with E-state index >= 15 is 0 Å². The highest BCUT2D eigenvalue weighted by Crippen LogP contribution is 2.43. The molecule has 0 spiro atoms. The number of methoxy groups -OCH3 is 2. The molecule has 3 aromatic rings. The third-order valence-corrected chi connectivity index (χ3v) is 7.25. The van der Waals surface area contributed by atoms with Crippen LogP contribution < -0.4 is 24.8 Å². The zero-order chi connectivity index (χ0) is 28.2. The molecule has 5 rings (SSSR count). The second-order valence-corrected chi connectivity index (χ2v) is 9.98. The molecule has 0 bridgehead atoms. The van der Waals surface area contributed by atoms with Crippen LogP contribution in [0.15, 0.2) is 83.3 Å². The van der Waals surface area contributed by atoms with Gasteiger partial charge in [-0.1, -0.05) is 18.2 Å². The van der Waals surface area contributed by atoms with Crippen molar-refractivity contribution in [2.24, 2.45) is 0 Å². The molecule has 1 aromatic heterocycles. The fourth-order valence-electron chi connectivity index (χ4n) is 5.29. The maximum atomic E-state index is 13.8. The highest BCUT2D eigenvalue weighted by atomic mass is 16.5. The van der Waals surface area contributed by atoms with Gasteiger partial charge < -0.3 is 24.8 Å². The van der Waals surface area contributed by atoms with Gasteiger partial charge in [-0.2, -0.15) is 0 Å². The van der Waals surface area contributed by atoms with Crippen molar-refractivity contribution >= 4 is 17.5 Å². The van der Waals surface area contributed by atoms with Crippen molar-refractivity contribution in [3.63, 3.8) is 0 Å². The number of carbonyl (C=O) groups is 2. The number of allylic oxidation sites excluding steroid dienone is 3. The number of ketones is 1. The van der Waals surface area contributed by atoms with Crippen LogP contribution in [0.4, 0.5) is 5.82 Å². The van der Waals surface area contributed by atoms with Crippen molar-refractivity contribution in [2.75, 3.05) is 19.5 Å². The van der Waals surface area contributed by atoms with E-state index in [2.05, 4.69) is 15.6 Å². The van der Waals surface area contributed by atoms with Gasteiger partial charge in [-0.15, -0.1) is 0 Å². The minimum Gasteiger partial charge on any atom is -0.497 e. The van der Waals surface area contributed by atoms with Gasteiger partial charge in [0, 0.05) is 52.7 Å². The zero-order valence-electron chi connectivity index (χ0n) is 23.2. The summed E-state index contributed by atoms with van der Waals surface area (Å²) in [6.07, 6.45) is 3.69. The molecular weight excluding hydrogens is 506 g/mol. The SMILES string of the molecule is COc1cccc(OCc2cc([C@H]3C(C(=O)Nc4ccc(C)cn4)=C(C)NC4=C3C(=O)CCC4)ccc2OC)c1.